The van der Waals surface area contributed by atoms with Crippen LogP contribution in [-0.2, 0) is 51.5 Å². The fraction of sp³-hybridized carbons (Fsp3) is 0.317. The number of amides is 2. The molecule has 16 nitrogen and oxygen atoms in total. The van der Waals surface area contributed by atoms with Gasteiger partial charge in [0.2, 0.25) is 0 Å². The van der Waals surface area contributed by atoms with Gasteiger partial charge in [0.25, 0.3) is 0 Å². The summed E-state index contributed by atoms with van der Waals surface area (Å²) in [6.07, 6.45) is 4.31. The highest BCUT2D eigenvalue weighted by Crippen LogP contribution is 2.33. The molecule has 2 saturated carbocycles. The van der Waals surface area contributed by atoms with E-state index in [1.165, 1.54) is 34.0 Å². The molecule has 80 heavy (non-hydrogen) atoms. The minimum atomic E-state index is -0.503. The summed E-state index contributed by atoms with van der Waals surface area (Å²) >= 11 is 5.93. The van der Waals surface area contributed by atoms with Crippen molar-refractivity contribution in [2.75, 3.05) is 11.5 Å². The minimum Gasteiger partial charge on any atom is -0.444 e. The largest absolute Gasteiger partial charge is 0.444 e. The van der Waals surface area contributed by atoms with Crippen molar-refractivity contribution in [3.05, 3.63) is 151 Å². The summed E-state index contributed by atoms with van der Waals surface area (Å²) in [5.41, 5.74) is 27.1. The number of Topliss-reactive ketones (excluding diaryl/α,β-unsaturated/α-hetero) is 2. The molecule has 0 aliphatic heterocycles. The number of hydrogen-bond acceptors (Lipinski definition) is 18. The van der Waals surface area contributed by atoms with Gasteiger partial charge in [-0.2, -0.15) is 5.26 Å². The number of rotatable bonds is 15. The van der Waals surface area contributed by atoms with E-state index < -0.39 is 23.4 Å². The Hall–Kier alpha value is -7.67. The van der Waals surface area contributed by atoms with E-state index in [2.05, 4.69) is 36.6 Å². The maximum atomic E-state index is 11.9. The number of ether oxygens (including phenoxy) is 2. The highest BCUT2D eigenvalue weighted by Gasteiger charge is 2.31. The molecule has 0 atom stereocenters. The topological polar surface area (TPSA) is 264 Å². The van der Waals surface area contributed by atoms with Crippen LogP contribution < -0.4 is 27.8 Å². The molecule has 0 saturated heterocycles. The lowest BCUT2D eigenvalue weighted by Crippen LogP contribution is -2.32. The van der Waals surface area contributed by atoms with E-state index in [0.29, 0.717) is 65.8 Å². The van der Waals surface area contributed by atoms with E-state index in [1.54, 1.807) is 23.5 Å². The number of hydrogen-bond donors (Lipinski definition) is 5. The third-order valence-corrected chi connectivity index (χ3v) is 14.9. The molecule has 8 aromatic rings. The predicted molar refractivity (Wildman–Crippen MR) is 321 cm³/mol. The molecule has 0 spiro atoms. The highest BCUT2D eigenvalue weighted by atomic mass is 32.1. The lowest BCUT2D eigenvalue weighted by Gasteiger charge is -2.19. The second-order valence-electron chi connectivity index (χ2n) is 20.9. The molecular formula is C60H66N10O6S4. The maximum Gasteiger partial charge on any atom is 0.407 e. The van der Waals surface area contributed by atoms with Crippen LogP contribution in [0.1, 0.15) is 99.5 Å². The Morgan fingerprint density at radius 3 is 1.15 bits per heavy atom. The number of nitrogens with two attached hydrogens (primary N) is 3. The first-order valence-electron chi connectivity index (χ1n) is 26.0. The number of thiazole rings is 4. The lowest BCUT2D eigenvalue weighted by molar-refractivity contribution is -0.120. The van der Waals surface area contributed by atoms with Crippen molar-refractivity contribution < 1.29 is 28.7 Å². The maximum absolute atomic E-state index is 11.9. The first-order chi connectivity index (χ1) is 38.2. The number of alkyl carbamates (subject to hydrolysis) is 2. The number of carbonyl (C=O) groups excluding carboxylic acids is 4. The molecule has 0 radical (unpaired) electrons. The molecule has 4 aromatic carbocycles. The SMILES string of the molecule is CC(C)(C)OC(=O)NCc1ccc(-c2csc(CC(=O)C3CC3)n2)cc1.CC(C)(C)OC(=O)NCc1ccc(-c2csc(N)n2)cc1.N#Cc1ccc(-c2csc(N)n2)cc1.NCc1ccc(-c2csc(CC(=O)C3CC3)n2)cc1. The molecule has 8 N–H and O–H groups in total. The van der Waals surface area contributed by atoms with E-state index in [-0.39, 0.29) is 5.92 Å². The summed E-state index contributed by atoms with van der Waals surface area (Å²) in [6.45, 7) is 12.4. The smallest absolute Gasteiger partial charge is 0.407 e. The van der Waals surface area contributed by atoms with Crippen molar-refractivity contribution in [3.63, 3.8) is 0 Å². The Morgan fingerprint density at radius 1 is 0.525 bits per heavy atom. The number of aromatic nitrogens is 4. The second kappa shape index (κ2) is 28.0. The van der Waals surface area contributed by atoms with Crippen LogP contribution >= 0.6 is 45.3 Å². The zero-order valence-corrected chi connectivity index (χ0v) is 48.9. The van der Waals surface area contributed by atoms with Crippen molar-refractivity contribution in [1.29, 1.82) is 5.26 Å². The third kappa shape index (κ3) is 19.9. The predicted octanol–water partition coefficient (Wildman–Crippen LogP) is 12.8. The van der Waals surface area contributed by atoms with E-state index >= 15 is 0 Å². The summed E-state index contributed by atoms with van der Waals surface area (Å²) < 4.78 is 10.4. The van der Waals surface area contributed by atoms with Crippen LogP contribution in [0.3, 0.4) is 0 Å². The summed E-state index contributed by atoms with van der Waals surface area (Å²) in [6, 6.07) is 33.1. The van der Waals surface area contributed by atoms with Gasteiger partial charge >= 0.3 is 12.2 Å². The molecule has 20 heteroatoms. The Bertz CT molecular complexity index is 3360. The Morgan fingerprint density at radius 2 is 0.850 bits per heavy atom. The normalized spacial score (nSPS) is 12.7. The fourth-order valence-electron chi connectivity index (χ4n) is 7.38. The van der Waals surface area contributed by atoms with Crippen molar-refractivity contribution in [2.24, 2.45) is 17.6 Å². The van der Waals surface area contributed by atoms with E-state index in [0.717, 1.165) is 97.4 Å². The summed E-state index contributed by atoms with van der Waals surface area (Å²) in [5, 5.41) is 24.8. The van der Waals surface area contributed by atoms with Crippen LogP contribution in [0.4, 0.5) is 19.9 Å². The molecule has 2 amide bonds. The van der Waals surface area contributed by atoms with Gasteiger partial charge in [-0.1, -0.05) is 84.9 Å². The number of carbonyl (C=O) groups is 4. The quantitative estimate of drug-likeness (QED) is 0.0639. The molecule has 416 valence electrons. The third-order valence-electron chi connectivity index (χ3n) is 11.8. The van der Waals surface area contributed by atoms with Crippen molar-refractivity contribution >= 4 is 79.4 Å². The number of nitrogen functional groups attached to an aromatic ring is 2. The van der Waals surface area contributed by atoms with Crippen LogP contribution in [0.15, 0.2) is 119 Å². The van der Waals surface area contributed by atoms with Gasteiger partial charge in [-0.25, -0.2) is 29.5 Å². The van der Waals surface area contributed by atoms with E-state index in [4.69, 9.17) is 31.9 Å². The second-order valence-corrected chi connectivity index (χ2v) is 24.6. The molecule has 2 aliphatic carbocycles. The summed E-state index contributed by atoms with van der Waals surface area (Å²) in [7, 11) is 0. The summed E-state index contributed by atoms with van der Waals surface area (Å²) in [4.78, 5) is 64.4. The number of benzene rings is 4. The minimum absolute atomic E-state index is 0.277. The van der Waals surface area contributed by atoms with Gasteiger partial charge in [-0.3, -0.25) is 9.59 Å². The summed E-state index contributed by atoms with van der Waals surface area (Å²) in [5.74, 6) is 1.25. The highest BCUT2D eigenvalue weighted by molar-refractivity contribution is 7.14. The van der Waals surface area contributed by atoms with E-state index in [1.807, 2.05) is 148 Å². The van der Waals surface area contributed by atoms with Gasteiger partial charge in [0.1, 0.15) is 32.8 Å². The number of ketones is 2. The number of anilines is 2. The monoisotopic (exact) mass is 1150 g/mol. The molecule has 0 bridgehead atoms. The van der Waals surface area contributed by atoms with E-state index in [9.17, 15) is 19.2 Å². The molecular weight excluding hydrogens is 1080 g/mol. The van der Waals surface area contributed by atoms with Crippen LogP contribution in [-0.4, -0.2) is 54.9 Å². The molecule has 2 aliphatic rings. The van der Waals surface area contributed by atoms with Crippen LogP contribution in [0, 0.1) is 23.2 Å². The Labute approximate surface area is 482 Å². The molecule has 0 unspecified atom stereocenters. The van der Waals surface area contributed by atoms with Crippen LogP contribution in [0.5, 0.6) is 0 Å². The fourth-order valence-corrected chi connectivity index (χ4v) is 10.1. The van der Waals surface area contributed by atoms with Gasteiger partial charge < -0.3 is 37.3 Å². The van der Waals surface area contributed by atoms with Crippen molar-refractivity contribution in [3.8, 4) is 51.1 Å². The van der Waals surface area contributed by atoms with Crippen LogP contribution in [0.25, 0.3) is 45.0 Å². The standard InChI is InChI=1S/C20H24N2O3S.C15H19N3O2S.C15H16N2OS.C10H7N3S/c1-20(2,3)25-19(24)21-11-13-4-6-14(7-5-13)16-12-26-18(22-16)10-17(23)15-8-9-15;1-15(2,3)20-14(19)17-8-10-4-6-11(7-5-10)12-9-21-13(16)18-12;16-8-10-1-3-11(4-2-10)13-9-19-15(17-13)7-14(18)12-5-6-12;11-5-7-1-3-8(4-2-7)9-6-14-10(12)13-9/h4-7,12,15H,8-11H2,1-3H3,(H,21,24);4-7,9H,8H2,1-3H3,(H2,16,18)(H,17,19);1-4,9,12H,5-8,16H2;1-4,6H,(H2,12,13). The van der Waals surface area contributed by atoms with Gasteiger partial charge in [-0.15, -0.1) is 45.3 Å². The lowest BCUT2D eigenvalue weighted by atomic mass is 10.1. The zero-order valence-electron chi connectivity index (χ0n) is 45.6. The average molecular weight is 1150 g/mol. The van der Waals surface area contributed by atoms with Crippen molar-refractivity contribution in [1.82, 2.24) is 30.6 Å². The zero-order chi connectivity index (χ0) is 57.4. The van der Waals surface area contributed by atoms with Gasteiger partial charge in [0, 0.05) is 75.2 Å². The van der Waals surface area contributed by atoms with Gasteiger partial charge in [0.05, 0.1) is 47.3 Å². The molecule has 10 rings (SSSR count). The molecule has 4 heterocycles. The Kier molecular flexibility index (Phi) is 21.0. The first-order valence-corrected chi connectivity index (χ1v) is 29.5. The van der Waals surface area contributed by atoms with Crippen LogP contribution in [0.2, 0.25) is 0 Å². The number of nitrogens with one attached hydrogen (secondary N) is 2. The average Bonchev–Trinajstić information content (AvgIpc) is 4.27. The number of nitriles is 1. The van der Waals surface area contributed by atoms with Gasteiger partial charge in [-0.05, 0) is 96.0 Å². The first kappa shape index (κ1) is 60.0. The number of nitrogens with zero attached hydrogens (tertiary/aromatic N) is 5. The van der Waals surface area contributed by atoms with Crippen molar-refractivity contribution in [2.45, 2.75) is 111 Å². The molecule has 2 fully saturated rings. The molecule has 4 aromatic heterocycles. The Balaban J connectivity index is 0.000000157. The van der Waals surface area contributed by atoms with Gasteiger partial charge in [0.15, 0.2) is 10.3 Å².